The van der Waals surface area contributed by atoms with Gasteiger partial charge in [-0.25, -0.2) is 0 Å². The second kappa shape index (κ2) is 6.57. The third kappa shape index (κ3) is 3.47. The molecule has 0 aliphatic carbocycles. The van der Waals surface area contributed by atoms with Crippen LogP contribution in [-0.2, 0) is 4.79 Å². The van der Waals surface area contributed by atoms with Gasteiger partial charge in [0.05, 0.1) is 13.2 Å². The molecule has 0 bridgehead atoms. The van der Waals surface area contributed by atoms with Crippen molar-refractivity contribution in [2.75, 3.05) is 20.2 Å². The monoisotopic (exact) mass is 263 g/mol. The summed E-state index contributed by atoms with van der Waals surface area (Å²) in [5.74, 6) is 0.815. The molecule has 1 heterocycles. The first-order valence-corrected chi connectivity index (χ1v) is 6.81. The molecule has 1 fully saturated rings. The van der Waals surface area contributed by atoms with E-state index in [0.717, 1.165) is 31.5 Å². The SMILES string of the molecule is COc1ccccc1C(O)CCC(=O)N1CCCC1. The number of hydrogen-bond acceptors (Lipinski definition) is 3. The van der Waals surface area contributed by atoms with Gasteiger partial charge in [-0.2, -0.15) is 0 Å². The van der Waals surface area contributed by atoms with Gasteiger partial charge in [-0.05, 0) is 25.3 Å². The van der Waals surface area contributed by atoms with E-state index >= 15 is 0 Å². The summed E-state index contributed by atoms with van der Waals surface area (Å²) in [5, 5.41) is 10.2. The van der Waals surface area contributed by atoms with Crippen LogP contribution in [0.5, 0.6) is 5.75 Å². The number of benzene rings is 1. The van der Waals surface area contributed by atoms with Crippen LogP contribution in [0, 0.1) is 0 Å². The zero-order chi connectivity index (χ0) is 13.7. The van der Waals surface area contributed by atoms with Crippen LogP contribution in [0.15, 0.2) is 24.3 Å². The summed E-state index contributed by atoms with van der Waals surface area (Å²) in [6.45, 7) is 1.73. The average molecular weight is 263 g/mol. The Balaban J connectivity index is 1.89. The zero-order valence-electron chi connectivity index (χ0n) is 11.3. The van der Waals surface area contributed by atoms with Gasteiger partial charge in [0.2, 0.25) is 5.91 Å². The second-order valence-electron chi connectivity index (χ2n) is 4.88. The Morgan fingerprint density at radius 2 is 2.05 bits per heavy atom. The summed E-state index contributed by atoms with van der Waals surface area (Å²) >= 11 is 0. The molecule has 0 saturated carbocycles. The number of nitrogens with zero attached hydrogens (tertiary/aromatic N) is 1. The number of aliphatic hydroxyl groups excluding tert-OH is 1. The molecular formula is C15H21NO3. The number of ether oxygens (including phenoxy) is 1. The minimum Gasteiger partial charge on any atom is -0.496 e. The van der Waals surface area contributed by atoms with Crippen molar-refractivity contribution >= 4 is 5.91 Å². The maximum atomic E-state index is 11.9. The summed E-state index contributed by atoms with van der Waals surface area (Å²) in [7, 11) is 1.58. The third-order valence-corrected chi connectivity index (χ3v) is 3.59. The highest BCUT2D eigenvalue weighted by atomic mass is 16.5. The smallest absolute Gasteiger partial charge is 0.222 e. The first-order valence-electron chi connectivity index (χ1n) is 6.81. The summed E-state index contributed by atoms with van der Waals surface area (Å²) in [4.78, 5) is 13.8. The van der Waals surface area contributed by atoms with Crippen molar-refractivity contribution in [2.24, 2.45) is 0 Å². The minimum absolute atomic E-state index is 0.145. The second-order valence-corrected chi connectivity index (χ2v) is 4.88. The van der Waals surface area contributed by atoms with Gasteiger partial charge >= 0.3 is 0 Å². The van der Waals surface area contributed by atoms with Gasteiger partial charge in [0.15, 0.2) is 0 Å². The van der Waals surface area contributed by atoms with Crippen LogP contribution in [-0.4, -0.2) is 36.1 Å². The molecule has 1 N–H and O–H groups in total. The van der Waals surface area contributed by atoms with E-state index in [1.807, 2.05) is 29.2 Å². The van der Waals surface area contributed by atoms with Crippen LogP contribution in [0.3, 0.4) is 0 Å². The number of carbonyl (C=O) groups is 1. The van der Waals surface area contributed by atoms with Crippen molar-refractivity contribution in [2.45, 2.75) is 31.8 Å². The molecule has 1 aromatic rings. The van der Waals surface area contributed by atoms with Gasteiger partial charge < -0.3 is 14.7 Å². The Morgan fingerprint density at radius 1 is 1.37 bits per heavy atom. The first kappa shape index (κ1) is 13.9. The number of hydrogen-bond donors (Lipinski definition) is 1. The fraction of sp³-hybridized carbons (Fsp3) is 0.533. The van der Waals surface area contributed by atoms with E-state index in [4.69, 9.17) is 4.74 Å². The van der Waals surface area contributed by atoms with E-state index < -0.39 is 6.10 Å². The van der Waals surface area contributed by atoms with E-state index in [2.05, 4.69) is 0 Å². The summed E-state index contributed by atoms with van der Waals surface area (Å²) < 4.78 is 5.22. The lowest BCUT2D eigenvalue weighted by atomic mass is 10.0. The van der Waals surface area contributed by atoms with Crippen LogP contribution >= 0.6 is 0 Å². The van der Waals surface area contributed by atoms with Gasteiger partial charge in [-0.1, -0.05) is 18.2 Å². The number of rotatable bonds is 5. The number of likely N-dealkylation sites (tertiary alicyclic amines) is 1. The highest BCUT2D eigenvalue weighted by Crippen LogP contribution is 2.28. The van der Waals surface area contributed by atoms with E-state index in [9.17, 15) is 9.90 Å². The molecule has 4 nitrogen and oxygen atoms in total. The molecule has 1 aromatic carbocycles. The van der Waals surface area contributed by atoms with Crippen LogP contribution in [0.1, 0.15) is 37.4 Å². The molecule has 1 atom stereocenters. The first-order chi connectivity index (χ1) is 9.22. The number of methoxy groups -OCH3 is 1. The van der Waals surface area contributed by atoms with Crippen molar-refractivity contribution in [1.82, 2.24) is 4.90 Å². The lowest BCUT2D eigenvalue weighted by molar-refractivity contribution is -0.130. The summed E-state index contributed by atoms with van der Waals surface area (Å²) in [5.41, 5.74) is 0.749. The quantitative estimate of drug-likeness (QED) is 0.885. The predicted molar refractivity (Wildman–Crippen MR) is 73.0 cm³/mol. The minimum atomic E-state index is -0.650. The Bertz CT molecular complexity index is 427. The zero-order valence-corrected chi connectivity index (χ0v) is 11.3. The normalized spacial score (nSPS) is 16.4. The summed E-state index contributed by atoms with van der Waals surface area (Å²) in [6, 6.07) is 7.39. The van der Waals surface area contributed by atoms with Gasteiger partial charge in [-0.3, -0.25) is 4.79 Å². The molecule has 19 heavy (non-hydrogen) atoms. The molecule has 0 radical (unpaired) electrons. The van der Waals surface area contributed by atoms with Crippen molar-refractivity contribution in [3.8, 4) is 5.75 Å². The molecule has 1 amide bonds. The van der Waals surface area contributed by atoms with Crippen LogP contribution < -0.4 is 4.74 Å². The van der Waals surface area contributed by atoms with E-state index in [1.165, 1.54) is 0 Å². The Morgan fingerprint density at radius 3 is 2.74 bits per heavy atom. The van der Waals surface area contributed by atoms with Crippen molar-refractivity contribution in [3.05, 3.63) is 29.8 Å². The maximum absolute atomic E-state index is 11.9. The van der Waals surface area contributed by atoms with Gasteiger partial charge in [0.1, 0.15) is 5.75 Å². The third-order valence-electron chi connectivity index (χ3n) is 3.59. The van der Waals surface area contributed by atoms with Gasteiger partial charge in [0, 0.05) is 25.1 Å². The molecular weight excluding hydrogens is 242 g/mol. The van der Waals surface area contributed by atoms with Crippen LogP contribution in [0.25, 0.3) is 0 Å². The van der Waals surface area contributed by atoms with Gasteiger partial charge in [0.25, 0.3) is 0 Å². The Hall–Kier alpha value is -1.55. The lowest BCUT2D eigenvalue weighted by Crippen LogP contribution is -2.27. The van der Waals surface area contributed by atoms with E-state index in [-0.39, 0.29) is 5.91 Å². The molecule has 0 aromatic heterocycles. The molecule has 1 unspecified atom stereocenters. The fourth-order valence-corrected chi connectivity index (χ4v) is 2.48. The highest BCUT2D eigenvalue weighted by molar-refractivity contribution is 5.76. The van der Waals surface area contributed by atoms with Crippen molar-refractivity contribution in [3.63, 3.8) is 0 Å². The molecule has 1 saturated heterocycles. The van der Waals surface area contributed by atoms with E-state index in [0.29, 0.717) is 18.6 Å². The summed E-state index contributed by atoms with van der Waals surface area (Å²) in [6.07, 6.45) is 2.37. The fourth-order valence-electron chi connectivity index (χ4n) is 2.48. The standard InChI is InChI=1S/C15H21NO3/c1-19-14-7-3-2-6-12(14)13(17)8-9-15(18)16-10-4-5-11-16/h2-3,6-7,13,17H,4-5,8-11H2,1H3. The number of carbonyl (C=O) groups excluding carboxylic acids is 1. The number of para-hydroxylation sites is 1. The number of amides is 1. The number of aliphatic hydroxyl groups is 1. The average Bonchev–Trinajstić information content (AvgIpc) is 2.98. The van der Waals surface area contributed by atoms with E-state index in [1.54, 1.807) is 7.11 Å². The van der Waals surface area contributed by atoms with Crippen molar-refractivity contribution in [1.29, 1.82) is 0 Å². The largest absolute Gasteiger partial charge is 0.496 e. The molecule has 2 rings (SSSR count). The van der Waals surface area contributed by atoms with Crippen molar-refractivity contribution < 1.29 is 14.6 Å². The molecule has 104 valence electrons. The molecule has 0 spiro atoms. The molecule has 1 aliphatic rings. The highest BCUT2D eigenvalue weighted by Gasteiger charge is 2.20. The van der Waals surface area contributed by atoms with Gasteiger partial charge in [-0.15, -0.1) is 0 Å². The predicted octanol–water partition coefficient (Wildman–Crippen LogP) is 2.13. The molecule has 1 aliphatic heterocycles. The lowest BCUT2D eigenvalue weighted by Gasteiger charge is -2.18. The maximum Gasteiger partial charge on any atom is 0.222 e. The Labute approximate surface area is 114 Å². The van der Waals surface area contributed by atoms with Crippen LogP contribution in [0.2, 0.25) is 0 Å². The Kier molecular flexibility index (Phi) is 4.80. The topological polar surface area (TPSA) is 49.8 Å². The molecule has 4 heteroatoms. The van der Waals surface area contributed by atoms with Crippen LogP contribution in [0.4, 0.5) is 0 Å².